The van der Waals surface area contributed by atoms with Crippen molar-refractivity contribution in [2.24, 2.45) is 0 Å². The second kappa shape index (κ2) is 7.90. The zero-order valence-corrected chi connectivity index (χ0v) is 15.6. The van der Waals surface area contributed by atoms with Gasteiger partial charge in [-0.25, -0.2) is 4.98 Å². The third-order valence-corrected chi connectivity index (χ3v) is 4.35. The Kier molecular flexibility index (Phi) is 5.40. The van der Waals surface area contributed by atoms with Crippen LogP contribution in [0.15, 0.2) is 48.7 Å². The minimum Gasteiger partial charge on any atom is -0.497 e. The van der Waals surface area contributed by atoms with Crippen LogP contribution in [-0.4, -0.2) is 46.3 Å². The maximum absolute atomic E-state index is 12.8. The molecule has 0 unspecified atom stereocenters. The van der Waals surface area contributed by atoms with E-state index in [1.165, 1.54) is 0 Å². The Morgan fingerprint density at radius 2 is 1.81 bits per heavy atom. The van der Waals surface area contributed by atoms with Gasteiger partial charge in [0.1, 0.15) is 5.75 Å². The molecule has 7 heteroatoms. The van der Waals surface area contributed by atoms with Gasteiger partial charge in [-0.1, -0.05) is 6.07 Å². The molecule has 3 rings (SSSR count). The summed E-state index contributed by atoms with van der Waals surface area (Å²) in [6.07, 6.45) is 1.73. The van der Waals surface area contributed by atoms with Crippen LogP contribution in [0.3, 0.4) is 0 Å². The lowest BCUT2D eigenvalue weighted by Crippen LogP contribution is -2.31. The number of rotatable bonds is 6. The van der Waals surface area contributed by atoms with E-state index < -0.39 is 0 Å². The lowest BCUT2D eigenvalue weighted by atomic mass is 10.3. The van der Waals surface area contributed by atoms with Gasteiger partial charge in [0.05, 0.1) is 12.6 Å². The highest BCUT2D eigenvalue weighted by Gasteiger charge is 2.24. The molecule has 0 radical (unpaired) electrons. The smallest absolute Gasteiger partial charge is 0.292 e. The molecule has 0 atom stereocenters. The van der Waals surface area contributed by atoms with E-state index in [0.29, 0.717) is 30.0 Å². The van der Waals surface area contributed by atoms with E-state index in [-0.39, 0.29) is 23.3 Å². The van der Waals surface area contributed by atoms with Crippen molar-refractivity contribution in [2.45, 2.75) is 13.8 Å². The molecule has 0 saturated carbocycles. The van der Waals surface area contributed by atoms with Gasteiger partial charge in [0.15, 0.2) is 5.69 Å². The van der Waals surface area contributed by atoms with Crippen LogP contribution in [0.25, 0.3) is 5.52 Å². The van der Waals surface area contributed by atoms with Crippen LogP contribution in [0, 0.1) is 0 Å². The van der Waals surface area contributed by atoms with E-state index in [9.17, 15) is 9.59 Å². The van der Waals surface area contributed by atoms with Crippen LogP contribution in [0.1, 0.15) is 35.0 Å². The number of fused-ring (bicyclic) bond motifs is 1. The molecule has 2 amide bonds. The lowest BCUT2D eigenvalue weighted by Gasteiger charge is -2.17. The normalized spacial score (nSPS) is 10.6. The summed E-state index contributed by atoms with van der Waals surface area (Å²) < 4.78 is 6.75. The summed E-state index contributed by atoms with van der Waals surface area (Å²) in [4.78, 5) is 31.6. The molecule has 140 valence electrons. The van der Waals surface area contributed by atoms with Crippen molar-refractivity contribution in [3.05, 3.63) is 60.2 Å². The van der Waals surface area contributed by atoms with Crippen molar-refractivity contribution in [2.75, 3.05) is 25.5 Å². The zero-order valence-electron chi connectivity index (χ0n) is 15.6. The summed E-state index contributed by atoms with van der Waals surface area (Å²) in [6.45, 7) is 4.98. The Morgan fingerprint density at radius 1 is 1.11 bits per heavy atom. The number of hydrogen-bond acceptors (Lipinski definition) is 4. The molecule has 2 heterocycles. The van der Waals surface area contributed by atoms with E-state index in [4.69, 9.17) is 4.74 Å². The van der Waals surface area contributed by atoms with Crippen molar-refractivity contribution in [3.8, 4) is 5.75 Å². The van der Waals surface area contributed by atoms with E-state index in [2.05, 4.69) is 10.3 Å². The Hall–Kier alpha value is -3.35. The van der Waals surface area contributed by atoms with E-state index in [1.54, 1.807) is 59.0 Å². The monoisotopic (exact) mass is 366 g/mol. The van der Waals surface area contributed by atoms with Gasteiger partial charge in [-0.3, -0.25) is 14.0 Å². The van der Waals surface area contributed by atoms with Gasteiger partial charge in [0.2, 0.25) is 5.82 Å². The molecule has 2 aromatic heterocycles. The molecule has 27 heavy (non-hydrogen) atoms. The van der Waals surface area contributed by atoms with Crippen molar-refractivity contribution in [3.63, 3.8) is 0 Å². The number of hydrogen-bond donors (Lipinski definition) is 1. The quantitative estimate of drug-likeness (QED) is 0.727. The number of anilines is 1. The largest absolute Gasteiger partial charge is 0.497 e. The number of nitrogens with one attached hydrogen (secondary N) is 1. The maximum atomic E-state index is 12.8. The average molecular weight is 366 g/mol. The first kappa shape index (κ1) is 18.4. The maximum Gasteiger partial charge on any atom is 0.292 e. The third kappa shape index (κ3) is 3.62. The van der Waals surface area contributed by atoms with Crippen molar-refractivity contribution >= 4 is 23.0 Å². The van der Waals surface area contributed by atoms with Gasteiger partial charge in [-0.05, 0) is 50.2 Å². The molecule has 0 aliphatic rings. The first-order chi connectivity index (χ1) is 13.1. The summed E-state index contributed by atoms with van der Waals surface area (Å²) in [7, 11) is 1.58. The van der Waals surface area contributed by atoms with Crippen LogP contribution in [0.2, 0.25) is 0 Å². The number of carbonyl (C=O) groups excluding carboxylic acids is 2. The predicted octanol–water partition coefficient (Wildman–Crippen LogP) is 3.08. The third-order valence-electron chi connectivity index (χ3n) is 4.35. The fourth-order valence-corrected chi connectivity index (χ4v) is 2.88. The second-order valence-electron chi connectivity index (χ2n) is 5.90. The number of carbonyl (C=O) groups is 2. The van der Waals surface area contributed by atoms with Crippen molar-refractivity contribution in [1.29, 1.82) is 0 Å². The molecule has 0 spiro atoms. The highest BCUT2D eigenvalue weighted by molar-refractivity contribution is 6.06. The number of nitrogens with zero attached hydrogens (tertiary/aromatic N) is 3. The molecule has 0 aliphatic heterocycles. The summed E-state index contributed by atoms with van der Waals surface area (Å²) in [5, 5.41) is 2.81. The number of aromatic nitrogens is 2. The summed E-state index contributed by atoms with van der Waals surface area (Å²) in [5.74, 6) is 0.287. The van der Waals surface area contributed by atoms with Crippen LogP contribution in [0.5, 0.6) is 5.75 Å². The van der Waals surface area contributed by atoms with Crippen LogP contribution < -0.4 is 10.1 Å². The van der Waals surface area contributed by atoms with Crippen LogP contribution >= 0.6 is 0 Å². The van der Waals surface area contributed by atoms with Gasteiger partial charge in [0.25, 0.3) is 11.8 Å². The molecular weight excluding hydrogens is 344 g/mol. The highest BCUT2D eigenvalue weighted by atomic mass is 16.5. The second-order valence-corrected chi connectivity index (χ2v) is 5.90. The number of methoxy groups -OCH3 is 1. The number of imidazole rings is 1. The number of benzene rings is 1. The molecule has 0 fully saturated rings. The SMILES string of the molecule is CCN(CC)C(=O)c1nc(C(=O)Nc2ccc(OC)cc2)n2ccccc12. The topological polar surface area (TPSA) is 75.9 Å². The number of ether oxygens (including phenoxy) is 1. The standard InChI is InChI=1S/C20H22N4O3/c1-4-23(5-2)20(26)17-16-8-6-7-13-24(16)18(22-17)19(25)21-14-9-11-15(27-3)12-10-14/h6-13H,4-5H2,1-3H3,(H,21,25). The van der Waals surface area contributed by atoms with Crippen molar-refractivity contribution in [1.82, 2.24) is 14.3 Å². The fourth-order valence-electron chi connectivity index (χ4n) is 2.88. The molecule has 3 aromatic rings. The first-order valence-electron chi connectivity index (χ1n) is 8.80. The van der Waals surface area contributed by atoms with Crippen molar-refractivity contribution < 1.29 is 14.3 Å². The molecule has 0 saturated heterocycles. The molecule has 0 aliphatic carbocycles. The number of pyridine rings is 1. The van der Waals surface area contributed by atoms with Crippen LogP contribution in [-0.2, 0) is 0 Å². The first-order valence-corrected chi connectivity index (χ1v) is 8.80. The molecular formula is C20H22N4O3. The average Bonchev–Trinajstić information content (AvgIpc) is 3.09. The summed E-state index contributed by atoms with van der Waals surface area (Å²) >= 11 is 0. The Morgan fingerprint density at radius 3 is 2.44 bits per heavy atom. The van der Waals surface area contributed by atoms with Gasteiger partial charge < -0.3 is 15.0 Å². The predicted molar refractivity (Wildman–Crippen MR) is 103 cm³/mol. The minimum atomic E-state index is -0.389. The van der Waals surface area contributed by atoms with E-state index in [1.807, 2.05) is 19.9 Å². The zero-order chi connectivity index (χ0) is 19.4. The van der Waals surface area contributed by atoms with Crippen LogP contribution in [0.4, 0.5) is 5.69 Å². The van der Waals surface area contributed by atoms with Gasteiger partial charge in [-0.2, -0.15) is 0 Å². The molecule has 0 bridgehead atoms. The Balaban J connectivity index is 1.96. The van der Waals surface area contributed by atoms with E-state index >= 15 is 0 Å². The van der Waals surface area contributed by atoms with Gasteiger partial charge in [0, 0.05) is 25.0 Å². The molecule has 1 aromatic carbocycles. The van der Waals surface area contributed by atoms with E-state index in [0.717, 1.165) is 0 Å². The summed E-state index contributed by atoms with van der Waals surface area (Å²) in [6, 6.07) is 12.4. The minimum absolute atomic E-state index is 0.164. The van der Waals surface area contributed by atoms with Gasteiger partial charge in [-0.15, -0.1) is 0 Å². The molecule has 1 N–H and O–H groups in total. The van der Waals surface area contributed by atoms with Gasteiger partial charge >= 0.3 is 0 Å². The summed E-state index contributed by atoms with van der Waals surface area (Å²) in [5.41, 5.74) is 1.50. The fraction of sp³-hybridized carbons (Fsp3) is 0.250. The Labute approximate surface area is 157 Å². The molecule has 7 nitrogen and oxygen atoms in total. The Bertz CT molecular complexity index is 959. The lowest BCUT2D eigenvalue weighted by molar-refractivity contribution is 0.0769. The highest BCUT2D eigenvalue weighted by Crippen LogP contribution is 2.18. The number of amides is 2.